The molecule has 0 aliphatic rings. The Morgan fingerprint density at radius 3 is 2.69 bits per heavy atom. The molecule has 1 aromatic heterocycles. The third-order valence-corrected chi connectivity index (χ3v) is 1.94. The van der Waals surface area contributed by atoms with Gasteiger partial charge >= 0.3 is 0 Å². The molecular weight excluding hydrogens is 162 g/mol. The van der Waals surface area contributed by atoms with E-state index in [9.17, 15) is 4.79 Å². The Bertz CT molecular complexity index is 471. The summed E-state index contributed by atoms with van der Waals surface area (Å²) in [4.78, 5) is 14.0. The van der Waals surface area contributed by atoms with E-state index in [1.165, 1.54) is 0 Å². The number of aryl methyl sites for hydroxylation is 1. The lowest BCUT2D eigenvalue weighted by Gasteiger charge is -1.97. The molecule has 0 amide bonds. The Kier molecular flexibility index (Phi) is 2.52. The number of nitrogens with one attached hydrogen (secondary N) is 1. The van der Waals surface area contributed by atoms with Crippen LogP contribution in [0.3, 0.4) is 0 Å². The van der Waals surface area contributed by atoms with Gasteiger partial charge in [-0.1, -0.05) is 25.6 Å². The average molecular weight is 175 g/mol. The minimum Gasteiger partial charge on any atom is -0.322 e. The van der Waals surface area contributed by atoms with Crippen molar-refractivity contribution in [1.82, 2.24) is 4.98 Å². The van der Waals surface area contributed by atoms with E-state index in [1.54, 1.807) is 0 Å². The molecule has 0 radical (unpaired) electrons. The summed E-state index contributed by atoms with van der Waals surface area (Å²) in [5.74, 6) is 0. The topological polar surface area (TPSA) is 32.9 Å². The number of para-hydroxylation sites is 1. The second kappa shape index (κ2) is 3.44. The first-order valence-electron chi connectivity index (χ1n) is 3.86. The fraction of sp³-hybridized carbons (Fsp3) is 0.182. The lowest BCUT2D eigenvalue weighted by Crippen LogP contribution is -2.08. The summed E-state index contributed by atoms with van der Waals surface area (Å²) in [5, 5.41) is 1.08. The van der Waals surface area contributed by atoms with Crippen molar-refractivity contribution in [3.05, 3.63) is 46.2 Å². The number of rotatable bonds is 0. The van der Waals surface area contributed by atoms with Crippen LogP contribution in [0.5, 0.6) is 0 Å². The van der Waals surface area contributed by atoms with Gasteiger partial charge in [0.1, 0.15) is 0 Å². The van der Waals surface area contributed by atoms with Gasteiger partial charge in [0.25, 0.3) is 5.56 Å². The molecule has 0 unspecified atom stereocenters. The largest absolute Gasteiger partial charge is 0.322 e. The van der Waals surface area contributed by atoms with Crippen molar-refractivity contribution in [3.63, 3.8) is 0 Å². The number of aromatic nitrogens is 1. The number of aromatic amines is 1. The first-order chi connectivity index (χ1) is 5.77. The smallest absolute Gasteiger partial charge is 0.251 e. The molecule has 0 aliphatic carbocycles. The Labute approximate surface area is 77.2 Å². The van der Waals surface area contributed by atoms with Gasteiger partial charge < -0.3 is 4.98 Å². The molecule has 68 valence electrons. The summed E-state index contributed by atoms with van der Waals surface area (Å²) in [6.45, 7) is 1.81. The number of hydrogen-bond donors (Lipinski definition) is 1. The molecule has 0 atom stereocenters. The maximum atomic E-state index is 11.2. The quantitative estimate of drug-likeness (QED) is 0.655. The van der Waals surface area contributed by atoms with E-state index >= 15 is 0 Å². The predicted molar refractivity (Wildman–Crippen MR) is 56.0 cm³/mol. The molecule has 2 rings (SSSR count). The van der Waals surface area contributed by atoms with Gasteiger partial charge in [-0.05, 0) is 24.4 Å². The van der Waals surface area contributed by atoms with Crippen molar-refractivity contribution >= 4 is 10.9 Å². The van der Waals surface area contributed by atoms with Gasteiger partial charge in [-0.25, -0.2) is 0 Å². The third-order valence-electron chi connectivity index (χ3n) is 1.94. The van der Waals surface area contributed by atoms with Crippen LogP contribution >= 0.6 is 0 Å². The Morgan fingerprint density at radius 2 is 1.92 bits per heavy atom. The number of H-pyrrole nitrogens is 1. The van der Waals surface area contributed by atoms with Gasteiger partial charge in [0, 0.05) is 11.1 Å². The van der Waals surface area contributed by atoms with Crippen LogP contribution in [0.2, 0.25) is 0 Å². The third kappa shape index (κ3) is 1.61. The number of benzene rings is 1. The second-order valence-electron chi connectivity index (χ2n) is 2.87. The molecule has 0 spiro atoms. The van der Waals surface area contributed by atoms with E-state index in [0.29, 0.717) is 0 Å². The summed E-state index contributed by atoms with van der Waals surface area (Å²) < 4.78 is 0. The Balaban J connectivity index is 0.000000845. The highest BCUT2D eigenvalue weighted by atomic mass is 16.1. The first kappa shape index (κ1) is 9.52. The highest BCUT2D eigenvalue weighted by Gasteiger charge is 1.95. The van der Waals surface area contributed by atoms with Crippen molar-refractivity contribution in [2.75, 3.05) is 0 Å². The van der Waals surface area contributed by atoms with E-state index in [1.807, 2.05) is 37.3 Å². The van der Waals surface area contributed by atoms with Gasteiger partial charge in [0.2, 0.25) is 0 Å². The van der Waals surface area contributed by atoms with E-state index in [0.717, 1.165) is 16.5 Å². The Morgan fingerprint density at radius 1 is 1.23 bits per heavy atom. The zero-order valence-electron chi connectivity index (χ0n) is 6.79. The second-order valence-corrected chi connectivity index (χ2v) is 2.87. The van der Waals surface area contributed by atoms with Gasteiger partial charge in [0.15, 0.2) is 0 Å². The summed E-state index contributed by atoms with van der Waals surface area (Å²) >= 11 is 0. The summed E-state index contributed by atoms with van der Waals surface area (Å²) in [7, 11) is 0. The molecular formula is C11H13NO. The SMILES string of the molecule is C.Cc1cc2ccccc2[nH]c1=O. The lowest BCUT2D eigenvalue weighted by atomic mass is 10.2. The fourth-order valence-electron chi connectivity index (χ4n) is 1.26. The van der Waals surface area contributed by atoms with Crippen LogP contribution in [0, 0.1) is 6.92 Å². The highest BCUT2D eigenvalue weighted by Crippen LogP contribution is 2.08. The van der Waals surface area contributed by atoms with Crippen LogP contribution in [0.25, 0.3) is 10.9 Å². The van der Waals surface area contributed by atoms with Crippen molar-refractivity contribution in [2.24, 2.45) is 0 Å². The lowest BCUT2D eigenvalue weighted by molar-refractivity contribution is 1.24. The Hall–Kier alpha value is -1.57. The monoisotopic (exact) mass is 175 g/mol. The van der Waals surface area contributed by atoms with E-state index in [2.05, 4.69) is 4.98 Å². The number of pyridine rings is 1. The molecule has 1 N–H and O–H groups in total. The van der Waals surface area contributed by atoms with Crippen LogP contribution in [-0.4, -0.2) is 4.98 Å². The molecule has 2 aromatic rings. The minimum absolute atomic E-state index is 0. The normalized spacial score (nSPS) is 9.62. The zero-order valence-corrected chi connectivity index (χ0v) is 6.79. The maximum absolute atomic E-state index is 11.2. The van der Waals surface area contributed by atoms with E-state index in [4.69, 9.17) is 0 Å². The summed E-state index contributed by atoms with van der Waals surface area (Å²) in [6, 6.07) is 9.65. The predicted octanol–water partition coefficient (Wildman–Crippen LogP) is 2.47. The van der Waals surface area contributed by atoms with Crippen molar-refractivity contribution in [1.29, 1.82) is 0 Å². The summed E-state index contributed by atoms with van der Waals surface area (Å²) in [6.07, 6.45) is 0. The molecule has 2 heteroatoms. The van der Waals surface area contributed by atoms with Crippen molar-refractivity contribution < 1.29 is 0 Å². The molecule has 1 heterocycles. The average Bonchev–Trinajstić information content (AvgIpc) is 2.07. The number of fused-ring (bicyclic) bond motifs is 1. The van der Waals surface area contributed by atoms with Gasteiger partial charge in [-0.3, -0.25) is 4.79 Å². The van der Waals surface area contributed by atoms with Crippen LogP contribution in [0.1, 0.15) is 13.0 Å². The highest BCUT2D eigenvalue weighted by molar-refractivity contribution is 5.78. The maximum Gasteiger partial charge on any atom is 0.251 e. The number of hydrogen-bond acceptors (Lipinski definition) is 1. The molecule has 1 aromatic carbocycles. The minimum atomic E-state index is -0.00583. The fourth-order valence-corrected chi connectivity index (χ4v) is 1.26. The van der Waals surface area contributed by atoms with E-state index < -0.39 is 0 Å². The van der Waals surface area contributed by atoms with Crippen molar-refractivity contribution in [2.45, 2.75) is 14.4 Å². The van der Waals surface area contributed by atoms with Crippen LogP contribution < -0.4 is 5.56 Å². The van der Waals surface area contributed by atoms with Crippen LogP contribution in [0.15, 0.2) is 35.1 Å². The molecule has 0 saturated heterocycles. The van der Waals surface area contributed by atoms with Crippen LogP contribution in [-0.2, 0) is 0 Å². The van der Waals surface area contributed by atoms with Gasteiger partial charge in [-0.15, -0.1) is 0 Å². The van der Waals surface area contributed by atoms with Gasteiger partial charge in [0.05, 0.1) is 0 Å². The molecule has 13 heavy (non-hydrogen) atoms. The molecule has 0 aliphatic heterocycles. The van der Waals surface area contributed by atoms with Crippen molar-refractivity contribution in [3.8, 4) is 0 Å². The van der Waals surface area contributed by atoms with E-state index in [-0.39, 0.29) is 13.0 Å². The summed E-state index contributed by atoms with van der Waals surface area (Å²) in [5.41, 5.74) is 1.65. The molecule has 0 saturated carbocycles. The van der Waals surface area contributed by atoms with Gasteiger partial charge in [-0.2, -0.15) is 0 Å². The standard InChI is InChI=1S/C10H9NO.CH4/c1-7-6-8-4-2-3-5-9(8)11-10(7)12;/h2-6H,1H3,(H,11,12);1H4. The molecule has 0 bridgehead atoms. The zero-order chi connectivity index (χ0) is 8.55. The van der Waals surface area contributed by atoms with Crippen LogP contribution in [0.4, 0.5) is 0 Å². The molecule has 0 fully saturated rings. The molecule has 2 nitrogen and oxygen atoms in total. The first-order valence-corrected chi connectivity index (χ1v) is 3.86.